The van der Waals surface area contributed by atoms with Gasteiger partial charge in [-0.15, -0.1) is 0 Å². The molecule has 3 nitrogen and oxygen atoms in total. The molecule has 0 saturated carbocycles. The Hall–Kier alpha value is -2.94. The Morgan fingerprint density at radius 2 is 1.67 bits per heavy atom. The normalized spacial score (nSPS) is 11.8. The van der Waals surface area contributed by atoms with E-state index in [9.17, 15) is 4.79 Å². The van der Waals surface area contributed by atoms with E-state index in [0.29, 0.717) is 5.56 Å². The Morgan fingerprint density at radius 3 is 2.38 bits per heavy atom. The van der Waals surface area contributed by atoms with Gasteiger partial charge >= 0.3 is 0 Å². The Kier molecular flexibility index (Phi) is 4.71. The van der Waals surface area contributed by atoms with Gasteiger partial charge in [0.15, 0.2) is 0 Å². The summed E-state index contributed by atoms with van der Waals surface area (Å²) >= 11 is 0. The minimum Gasteiger partial charge on any atom is -0.340 e. The Bertz CT molecular complexity index is 789. The second kappa shape index (κ2) is 7.09. The van der Waals surface area contributed by atoms with Crippen LogP contribution in [0.4, 0.5) is 0 Å². The number of benzene rings is 2. The maximum absolute atomic E-state index is 12.8. The number of rotatable bonds is 4. The molecule has 0 radical (unpaired) electrons. The van der Waals surface area contributed by atoms with Crippen LogP contribution in [0.2, 0.25) is 0 Å². The van der Waals surface area contributed by atoms with Gasteiger partial charge in [-0.25, -0.2) is 0 Å². The first-order valence-corrected chi connectivity index (χ1v) is 8.00. The van der Waals surface area contributed by atoms with E-state index in [4.69, 9.17) is 0 Å². The molecule has 1 heterocycles. The van der Waals surface area contributed by atoms with Crippen LogP contribution < -0.4 is 5.32 Å². The number of hydrogen-bond donors (Lipinski definition) is 1. The first-order chi connectivity index (χ1) is 11.7. The van der Waals surface area contributed by atoms with Crippen molar-refractivity contribution < 1.29 is 4.79 Å². The lowest BCUT2D eigenvalue weighted by molar-refractivity contribution is 0.0941. The average Bonchev–Trinajstić information content (AvgIpc) is 2.63. The second-order valence-electron chi connectivity index (χ2n) is 5.82. The lowest BCUT2D eigenvalue weighted by atomic mass is 10.00. The molecule has 1 N–H and O–H groups in total. The number of carbonyl (C=O) groups is 1. The van der Waals surface area contributed by atoms with Crippen molar-refractivity contribution in [1.82, 2.24) is 10.3 Å². The SMILES string of the molecule is Cc1cccc(C(=O)NC(c2ccccc2)c2ccccn2)c1C. The van der Waals surface area contributed by atoms with E-state index in [0.717, 1.165) is 22.4 Å². The molecule has 2 aromatic carbocycles. The van der Waals surface area contributed by atoms with Crippen LogP contribution in [-0.4, -0.2) is 10.9 Å². The van der Waals surface area contributed by atoms with Crippen molar-refractivity contribution in [2.75, 3.05) is 0 Å². The van der Waals surface area contributed by atoms with Crippen molar-refractivity contribution in [3.8, 4) is 0 Å². The summed E-state index contributed by atoms with van der Waals surface area (Å²) in [6.45, 7) is 3.99. The number of nitrogens with zero attached hydrogens (tertiary/aromatic N) is 1. The molecule has 1 atom stereocenters. The summed E-state index contributed by atoms with van der Waals surface area (Å²) in [5, 5.41) is 3.13. The van der Waals surface area contributed by atoms with Crippen LogP contribution in [0.3, 0.4) is 0 Å². The third kappa shape index (κ3) is 3.35. The van der Waals surface area contributed by atoms with E-state index in [1.807, 2.05) is 80.6 Å². The van der Waals surface area contributed by atoms with Crippen molar-refractivity contribution in [3.05, 3.63) is 101 Å². The summed E-state index contributed by atoms with van der Waals surface area (Å²) < 4.78 is 0. The predicted molar refractivity (Wildman–Crippen MR) is 95.9 cm³/mol. The highest BCUT2D eigenvalue weighted by molar-refractivity contribution is 5.96. The molecule has 24 heavy (non-hydrogen) atoms. The van der Waals surface area contributed by atoms with Gasteiger partial charge in [0.1, 0.15) is 0 Å². The van der Waals surface area contributed by atoms with Gasteiger partial charge in [-0.05, 0) is 48.7 Å². The molecule has 0 fully saturated rings. The molecule has 0 aliphatic rings. The summed E-state index contributed by atoms with van der Waals surface area (Å²) in [6, 6.07) is 21.1. The summed E-state index contributed by atoms with van der Waals surface area (Å²) in [7, 11) is 0. The van der Waals surface area contributed by atoms with Crippen LogP contribution >= 0.6 is 0 Å². The van der Waals surface area contributed by atoms with Crippen molar-refractivity contribution in [2.24, 2.45) is 0 Å². The fraction of sp³-hybridized carbons (Fsp3) is 0.143. The Balaban J connectivity index is 1.95. The summed E-state index contributed by atoms with van der Waals surface area (Å²) in [5.74, 6) is -0.0873. The molecule has 0 aliphatic heterocycles. The lowest BCUT2D eigenvalue weighted by Crippen LogP contribution is -2.30. The standard InChI is InChI=1S/C21H20N2O/c1-15-9-8-12-18(16(15)2)21(24)23-20(17-10-4-3-5-11-17)19-13-6-7-14-22-19/h3-14,20H,1-2H3,(H,23,24). The molecular weight excluding hydrogens is 296 g/mol. The van der Waals surface area contributed by atoms with Crippen molar-refractivity contribution in [3.63, 3.8) is 0 Å². The molecule has 0 bridgehead atoms. The van der Waals surface area contributed by atoms with Crippen LogP contribution in [-0.2, 0) is 0 Å². The number of amides is 1. The smallest absolute Gasteiger partial charge is 0.252 e. The highest BCUT2D eigenvalue weighted by atomic mass is 16.1. The Labute approximate surface area is 142 Å². The molecule has 120 valence electrons. The van der Waals surface area contributed by atoms with Crippen LogP contribution in [0.5, 0.6) is 0 Å². The molecule has 1 aromatic heterocycles. The van der Waals surface area contributed by atoms with Crippen LogP contribution in [0, 0.1) is 13.8 Å². The monoisotopic (exact) mass is 316 g/mol. The second-order valence-corrected chi connectivity index (χ2v) is 5.82. The third-order valence-electron chi connectivity index (χ3n) is 4.24. The van der Waals surface area contributed by atoms with Crippen molar-refractivity contribution in [1.29, 1.82) is 0 Å². The van der Waals surface area contributed by atoms with E-state index in [-0.39, 0.29) is 11.9 Å². The first kappa shape index (κ1) is 15.9. The number of carbonyl (C=O) groups excluding carboxylic acids is 1. The fourth-order valence-corrected chi connectivity index (χ4v) is 2.73. The van der Waals surface area contributed by atoms with Gasteiger partial charge in [-0.3, -0.25) is 9.78 Å². The van der Waals surface area contributed by atoms with Gasteiger partial charge < -0.3 is 5.32 Å². The highest BCUT2D eigenvalue weighted by Gasteiger charge is 2.19. The minimum atomic E-state index is -0.278. The fourth-order valence-electron chi connectivity index (χ4n) is 2.73. The van der Waals surface area contributed by atoms with Crippen molar-refractivity contribution in [2.45, 2.75) is 19.9 Å². The highest BCUT2D eigenvalue weighted by Crippen LogP contribution is 2.21. The maximum Gasteiger partial charge on any atom is 0.252 e. The number of pyridine rings is 1. The van der Waals surface area contributed by atoms with Crippen molar-refractivity contribution >= 4 is 5.91 Å². The van der Waals surface area contributed by atoms with E-state index in [1.165, 1.54) is 0 Å². The average molecular weight is 316 g/mol. The van der Waals surface area contributed by atoms with Gasteiger partial charge in [-0.2, -0.15) is 0 Å². The lowest BCUT2D eigenvalue weighted by Gasteiger charge is -2.20. The summed E-state index contributed by atoms with van der Waals surface area (Å²) in [5.41, 5.74) is 4.64. The largest absolute Gasteiger partial charge is 0.340 e. The zero-order valence-corrected chi connectivity index (χ0v) is 13.9. The number of aromatic nitrogens is 1. The third-order valence-corrected chi connectivity index (χ3v) is 4.24. The van der Waals surface area contributed by atoms with Gasteiger partial charge in [0.05, 0.1) is 11.7 Å². The van der Waals surface area contributed by atoms with E-state index in [1.54, 1.807) is 6.20 Å². The maximum atomic E-state index is 12.8. The molecular formula is C21H20N2O. The van der Waals surface area contributed by atoms with Gasteiger partial charge in [0.2, 0.25) is 0 Å². The summed E-state index contributed by atoms with van der Waals surface area (Å²) in [4.78, 5) is 17.3. The van der Waals surface area contributed by atoms with E-state index >= 15 is 0 Å². The molecule has 3 aromatic rings. The first-order valence-electron chi connectivity index (χ1n) is 8.00. The molecule has 0 saturated heterocycles. The number of nitrogens with one attached hydrogen (secondary N) is 1. The molecule has 0 aliphatic carbocycles. The van der Waals surface area contributed by atoms with E-state index < -0.39 is 0 Å². The quantitative estimate of drug-likeness (QED) is 0.783. The van der Waals surface area contributed by atoms with Gasteiger partial charge in [-0.1, -0.05) is 48.5 Å². The van der Waals surface area contributed by atoms with Gasteiger partial charge in [0.25, 0.3) is 5.91 Å². The van der Waals surface area contributed by atoms with E-state index in [2.05, 4.69) is 10.3 Å². The molecule has 0 spiro atoms. The number of hydrogen-bond acceptors (Lipinski definition) is 2. The molecule has 3 heteroatoms. The minimum absolute atomic E-state index is 0.0873. The number of aryl methyl sites for hydroxylation is 1. The molecule has 1 unspecified atom stereocenters. The van der Waals surface area contributed by atoms with Crippen LogP contribution in [0.25, 0.3) is 0 Å². The topological polar surface area (TPSA) is 42.0 Å². The summed E-state index contributed by atoms with van der Waals surface area (Å²) in [6.07, 6.45) is 1.75. The zero-order valence-electron chi connectivity index (χ0n) is 13.9. The predicted octanol–water partition coefficient (Wildman–Crippen LogP) is 4.22. The van der Waals surface area contributed by atoms with Crippen LogP contribution in [0.1, 0.15) is 38.8 Å². The zero-order chi connectivity index (χ0) is 16.9. The van der Waals surface area contributed by atoms with Crippen LogP contribution in [0.15, 0.2) is 72.9 Å². The molecule has 1 amide bonds. The Morgan fingerprint density at radius 1 is 0.917 bits per heavy atom. The molecule has 3 rings (SSSR count). The van der Waals surface area contributed by atoms with Gasteiger partial charge in [0, 0.05) is 11.8 Å².